The number of nitrogens with two attached hydrogens (primary N) is 1. The van der Waals surface area contributed by atoms with Crippen molar-refractivity contribution in [2.45, 2.75) is 32.7 Å². The predicted octanol–water partition coefficient (Wildman–Crippen LogP) is 0.755. The fourth-order valence-corrected chi connectivity index (χ4v) is 2.04. The number of nitrogens with one attached hydrogen (secondary N) is 1. The third-order valence-electron chi connectivity index (χ3n) is 2.30. The third-order valence-corrected chi connectivity index (χ3v) is 3.36. The van der Waals surface area contributed by atoms with Gasteiger partial charge in [0.2, 0.25) is 11.8 Å². The third kappa shape index (κ3) is 6.13. The van der Waals surface area contributed by atoms with Gasteiger partial charge in [0.05, 0.1) is 12.4 Å². The number of carbonyl (C=O) groups excluding carboxylic acids is 2. The van der Waals surface area contributed by atoms with E-state index in [9.17, 15) is 9.59 Å². The molecule has 1 atom stereocenters. The molecule has 9 heteroatoms. The number of esters is 1. The van der Waals surface area contributed by atoms with E-state index in [-0.39, 0.29) is 30.2 Å². The van der Waals surface area contributed by atoms with Crippen LogP contribution in [0, 0.1) is 0 Å². The van der Waals surface area contributed by atoms with E-state index in [2.05, 4.69) is 15.5 Å². The van der Waals surface area contributed by atoms with Crippen LogP contribution in [-0.4, -0.2) is 46.2 Å². The second-order valence-electron chi connectivity index (χ2n) is 4.52. The monoisotopic (exact) mass is 316 g/mol. The standard InChI is InChI=1S/C12H20N4O4S/c1-4-19-11(18)8(13)5-21-6-9(17)14-12-16-15-10(20-12)7(2)3/h7-8H,4-6,13H2,1-3H3,(H,14,16,17). The van der Waals surface area contributed by atoms with Crippen molar-refractivity contribution < 1.29 is 18.7 Å². The maximum absolute atomic E-state index is 11.7. The van der Waals surface area contributed by atoms with Crippen LogP contribution in [-0.2, 0) is 14.3 Å². The van der Waals surface area contributed by atoms with Crippen LogP contribution in [0.1, 0.15) is 32.6 Å². The van der Waals surface area contributed by atoms with Crippen LogP contribution in [0.25, 0.3) is 0 Å². The summed E-state index contributed by atoms with van der Waals surface area (Å²) in [4.78, 5) is 22.9. The quantitative estimate of drug-likeness (QED) is 0.674. The maximum Gasteiger partial charge on any atom is 0.323 e. The lowest BCUT2D eigenvalue weighted by Crippen LogP contribution is -2.35. The Kier molecular flexibility index (Phi) is 7.17. The van der Waals surface area contributed by atoms with Gasteiger partial charge >= 0.3 is 12.0 Å². The Hall–Kier alpha value is -1.61. The highest BCUT2D eigenvalue weighted by molar-refractivity contribution is 8.00. The highest BCUT2D eigenvalue weighted by atomic mass is 32.2. The van der Waals surface area contributed by atoms with Crippen LogP contribution in [0.3, 0.4) is 0 Å². The zero-order valence-electron chi connectivity index (χ0n) is 12.3. The molecule has 0 aliphatic rings. The van der Waals surface area contributed by atoms with E-state index >= 15 is 0 Å². The van der Waals surface area contributed by atoms with Gasteiger partial charge in [-0.2, -0.15) is 0 Å². The molecule has 8 nitrogen and oxygen atoms in total. The first-order valence-corrected chi connectivity index (χ1v) is 7.72. The van der Waals surface area contributed by atoms with Gasteiger partial charge in [-0.1, -0.05) is 18.9 Å². The minimum absolute atomic E-state index is 0.0685. The van der Waals surface area contributed by atoms with Crippen LogP contribution in [0.4, 0.5) is 6.01 Å². The van der Waals surface area contributed by atoms with Crippen molar-refractivity contribution in [2.24, 2.45) is 5.73 Å². The number of rotatable bonds is 8. The Morgan fingerprint density at radius 2 is 2.14 bits per heavy atom. The molecule has 0 spiro atoms. The van der Waals surface area contributed by atoms with Crippen molar-refractivity contribution in [3.63, 3.8) is 0 Å². The first kappa shape index (κ1) is 17.4. The number of thioether (sulfide) groups is 1. The molecule has 1 rings (SSSR count). The summed E-state index contributed by atoms with van der Waals surface area (Å²) in [5, 5.41) is 10.0. The van der Waals surface area contributed by atoms with Crippen LogP contribution >= 0.6 is 11.8 Å². The number of nitrogens with zero attached hydrogens (tertiary/aromatic N) is 2. The van der Waals surface area contributed by atoms with Gasteiger partial charge in [-0.3, -0.25) is 14.9 Å². The van der Waals surface area contributed by atoms with E-state index in [1.807, 2.05) is 13.8 Å². The summed E-state index contributed by atoms with van der Waals surface area (Å²) in [6, 6.07) is -0.669. The van der Waals surface area contributed by atoms with E-state index < -0.39 is 12.0 Å². The highest BCUT2D eigenvalue weighted by Gasteiger charge is 2.16. The molecule has 1 aromatic rings. The van der Waals surface area contributed by atoms with Crippen molar-refractivity contribution in [3.8, 4) is 0 Å². The van der Waals surface area contributed by atoms with Gasteiger partial charge in [0.15, 0.2) is 0 Å². The van der Waals surface area contributed by atoms with Gasteiger partial charge in [0.1, 0.15) is 6.04 Å². The minimum atomic E-state index is -0.737. The fourth-order valence-electron chi connectivity index (χ4n) is 1.27. The normalized spacial score (nSPS) is 12.2. The number of amides is 1. The summed E-state index contributed by atoms with van der Waals surface area (Å²) >= 11 is 1.23. The van der Waals surface area contributed by atoms with Gasteiger partial charge in [-0.25, -0.2) is 0 Å². The van der Waals surface area contributed by atoms with E-state index in [1.54, 1.807) is 6.92 Å². The molecule has 0 aliphatic heterocycles. The Morgan fingerprint density at radius 1 is 1.43 bits per heavy atom. The summed E-state index contributed by atoms with van der Waals surface area (Å²) in [5.74, 6) is 0.223. The lowest BCUT2D eigenvalue weighted by Gasteiger charge is -2.09. The van der Waals surface area contributed by atoms with Gasteiger partial charge in [0.25, 0.3) is 0 Å². The van der Waals surface area contributed by atoms with Crippen LogP contribution < -0.4 is 11.1 Å². The van der Waals surface area contributed by atoms with Crippen molar-refractivity contribution in [1.29, 1.82) is 0 Å². The molecule has 118 valence electrons. The topological polar surface area (TPSA) is 120 Å². The van der Waals surface area contributed by atoms with Gasteiger partial charge in [-0.05, 0) is 6.92 Å². The lowest BCUT2D eigenvalue weighted by molar-refractivity contribution is -0.144. The Morgan fingerprint density at radius 3 is 2.71 bits per heavy atom. The Balaban J connectivity index is 2.29. The summed E-state index contributed by atoms with van der Waals surface area (Å²) < 4.78 is 10.0. The Labute approximate surface area is 127 Å². The summed E-state index contributed by atoms with van der Waals surface area (Å²) in [5.41, 5.74) is 5.61. The van der Waals surface area contributed by atoms with Crippen LogP contribution in [0.5, 0.6) is 0 Å². The van der Waals surface area contributed by atoms with Crippen molar-refractivity contribution in [3.05, 3.63) is 5.89 Å². The average Bonchev–Trinajstić information content (AvgIpc) is 2.87. The number of aromatic nitrogens is 2. The molecule has 1 heterocycles. The summed E-state index contributed by atoms with van der Waals surface area (Å²) in [6.45, 7) is 5.81. The molecule has 0 radical (unpaired) electrons. The SMILES string of the molecule is CCOC(=O)C(N)CSCC(=O)Nc1nnc(C(C)C)o1. The molecule has 3 N–H and O–H groups in total. The zero-order valence-corrected chi connectivity index (χ0v) is 13.1. The second-order valence-corrected chi connectivity index (χ2v) is 5.55. The van der Waals surface area contributed by atoms with Crippen molar-refractivity contribution in [1.82, 2.24) is 10.2 Å². The highest BCUT2D eigenvalue weighted by Crippen LogP contribution is 2.15. The largest absolute Gasteiger partial charge is 0.465 e. The fraction of sp³-hybridized carbons (Fsp3) is 0.667. The molecular formula is C12H20N4O4S. The molecule has 1 amide bonds. The van der Waals surface area contributed by atoms with E-state index in [0.29, 0.717) is 11.6 Å². The number of carbonyl (C=O) groups is 2. The number of ether oxygens (including phenoxy) is 1. The molecule has 0 aromatic carbocycles. The number of hydrogen-bond acceptors (Lipinski definition) is 8. The minimum Gasteiger partial charge on any atom is -0.465 e. The first-order valence-electron chi connectivity index (χ1n) is 6.57. The zero-order chi connectivity index (χ0) is 15.8. The second kappa shape index (κ2) is 8.63. The molecule has 0 saturated carbocycles. The molecule has 21 heavy (non-hydrogen) atoms. The smallest absolute Gasteiger partial charge is 0.323 e. The molecule has 0 aliphatic carbocycles. The van der Waals surface area contributed by atoms with Crippen molar-refractivity contribution >= 4 is 29.7 Å². The maximum atomic E-state index is 11.7. The number of anilines is 1. The average molecular weight is 316 g/mol. The number of hydrogen-bond donors (Lipinski definition) is 2. The first-order chi connectivity index (χ1) is 9.93. The molecule has 0 saturated heterocycles. The Bertz CT molecular complexity index is 478. The summed E-state index contributed by atoms with van der Waals surface area (Å²) in [7, 11) is 0. The van der Waals surface area contributed by atoms with Crippen LogP contribution in [0.2, 0.25) is 0 Å². The van der Waals surface area contributed by atoms with Crippen molar-refractivity contribution in [2.75, 3.05) is 23.4 Å². The lowest BCUT2D eigenvalue weighted by atomic mass is 10.2. The molecule has 1 aromatic heterocycles. The predicted molar refractivity (Wildman–Crippen MR) is 79.0 cm³/mol. The van der Waals surface area contributed by atoms with Gasteiger partial charge in [0, 0.05) is 11.7 Å². The van der Waals surface area contributed by atoms with Crippen LogP contribution in [0.15, 0.2) is 4.42 Å². The molecular weight excluding hydrogens is 296 g/mol. The van der Waals surface area contributed by atoms with E-state index in [0.717, 1.165) is 0 Å². The molecule has 0 fully saturated rings. The molecule has 1 unspecified atom stereocenters. The van der Waals surface area contributed by atoms with E-state index in [1.165, 1.54) is 11.8 Å². The molecule has 0 bridgehead atoms. The summed E-state index contributed by atoms with van der Waals surface area (Å²) in [6.07, 6.45) is 0. The van der Waals surface area contributed by atoms with Gasteiger partial charge in [-0.15, -0.1) is 16.9 Å². The van der Waals surface area contributed by atoms with E-state index in [4.69, 9.17) is 14.9 Å². The van der Waals surface area contributed by atoms with Gasteiger partial charge < -0.3 is 14.9 Å².